The van der Waals surface area contributed by atoms with E-state index in [1.165, 1.54) is 24.3 Å². The number of hydrogen-bond donors (Lipinski definition) is 1. The molecule has 2 aromatic carbocycles. The maximum Gasteiger partial charge on any atom is 0.311 e. The van der Waals surface area contributed by atoms with E-state index in [9.17, 15) is 24.1 Å². The van der Waals surface area contributed by atoms with Crippen molar-refractivity contribution in [3.63, 3.8) is 0 Å². The third kappa shape index (κ3) is 6.26. The number of carbonyl (C=O) groups is 2. The van der Waals surface area contributed by atoms with Gasteiger partial charge in [-0.2, -0.15) is 0 Å². The van der Waals surface area contributed by atoms with Crippen LogP contribution in [-0.4, -0.2) is 63.5 Å². The van der Waals surface area contributed by atoms with Crippen LogP contribution in [0.25, 0.3) is 0 Å². The average molecular weight is 459 g/mol. The third-order valence-corrected chi connectivity index (χ3v) is 5.66. The molecule has 1 fully saturated rings. The molecule has 0 spiro atoms. The lowest BCUT2D eigenvalue weighted by Gasteiger charge is -2.44. The second-order valence-corrected chi connectivity index (χ2v) is 8.22. The van der Waals surface area contributed by atoms with E-state index in [-0.39, 0.29) is 53.8 Å². The third-order valence-electron chi connectivity index (χ3n) is 5.66. The first-order valence-corrected chi connectivity index (χ1v) is 10.5. The highest BCUT2D eigenvalue weighted by molar-refractivity contribution is 5.78. The summed E-state index contributed by atoms with van der Waals surface area (Å²) in [6.45, 7) is 5.28. The van der Waals surface area contributed by atoms with Crippen molar-refractivity contribution in [3.05, 3.63) is 69.5 Å². The molecule has 1 aliphatic rings. The molecule has 2 unspecified atom stereocenters. The van der Waals surface area contributed by atoms with Crippen LogP contribution in [0.1, 0.15) is 25.0 Å². The zero-order valence-electron chi connectivity index (χ0n) is 18.4. The van der Waals surface area contributed by atoms with E-state index in [0.29, 0.717) is 19.6 Å². The highest BCUT2D eigenvalue weighted by Gasteiger charge is 2.32. The molecule has 1 saturated heterocycles. The molecule has 0 saturated carbocycles. The number of halogens is 1. The maximum atomic E-state index is 13.1. The first-order valence-electron chi connectivity index (χ1n) is 10.5. The molecule has 0 bridgehead atoms. The van der Waals surface area contributed by atoms with Gasteiger partial charge in [-0.3, -0.25) is 24.6 Å². The molecule has 1 heterocycles. The standard InChI is InChI=1S/C23H26FN3O6/c1-15-12-26(16(2)11-25(15)13-17-3-6-19(24)7-4-17)22(28)14-33-21-8-5-18(10-23(29)30)9-20(21)27(31)32/h3-9,15-16H,10-14H2,1-2H3,(H,29,30). The number of carbonyl (C=O) groups excluding carboxylic acids is 1. The van der Waals surface area contributed by atoms with Gasteiger partial charge in [-0.05, 0) is 43.2 Å². The van der Waals surface area contributed by atoms with E-state index in [1.54, 1.807) is 17.0 Å². The van der Waals surface area contributed by atoms with Crippen LogP contribution in [-0.2, 0) is 22.6 Å². The molecule has 0 aromatic heterocycles. The Labute approximate surface area is 190 Å². The fourth-order valence-electron chi connectivity index (χ4n) is 3.92. The largest absolute Gasteiger partial charge is 0.481 e. The van der Waals surface area contributed by atoms with Crippen molar-refractivity contribution < 1.29 is 28.7 Å². The zero-order chi connectivity index (χ0) is 24.1. The number of nitro benzene ring substituents is 1. The topological polar surface area (TPSA) is 113 Å². The zero-order valence-corrected chi connectivity index (χ0v) is 18.4. The van der Waals surface area contributed by atoms with E-state index in [0.717, 1.165) is 11.6 Å². The summed E-state index contributed by atoms with van der Waals surface area (Å²) in [6.07, 6.45) is -0.350. The molecule has 9 nitrogen and oxygen atoms in total. The predicted octanol–water partition coefficient (Wildman–Crippen LogP) is 2.86. The Kier molecular flexibility index (Phi) is 7.59. The lowest BCUT2D eigenvalue weighted by Crippen LogP contribution is -2.58. The van der Waals surface area contributed by atoms with E-state index in [4.69, 9.17) is 9.84 Å². The molecule has 2 atom stereocenters. The number of rotatable bonds is 8. The van der Waals surface area contributed by atoms with E-state index in [2.05, 4.69) is 4.90 Å². The van der Waals surface area contributed by atoms with Crippen LogP contribution in [0.3, 0.4) is 0 Å². The van der Waals surface area contributed by atoms with E-state index < -0.39 is 10.9 Å². The van der Waals surface area contributed by atoms with Crippen molar-refractivity contribution in [2.75, 3.05) is 19.7 Å². The number of nitro groups is 1. The van der Waals surface area contributed by atoms with Crippen LogP contribution in [0.5, 0.6) is 5.75 Å². The molecule has 2 aromatic rings. The number of piperazine rings is 1. The lowest BCUT2D eigenvalue weighted by molar-refractivity contribution is -0.385. The summed E-state index contributed by atoms with van der Waals surface area (Å²) >= 11 is 0. The molecule has 0 radical (unpaired) electrons. The molecule has 10 heteroatoms. The minimum atomic E-state index is -1.10. The van der Waals surface area contributed by atoms with Crippen molar-refractivity contribution in [2.45, 2.75) is 38.9 Å². The summed E-state index contributed by atoms with van der Waals surface area (Å²) in [7, 11) is 0. The van der Waals surface area contributed by atoms with Gasteiger partial charge in [-0.15, -0.1) is 0 Å². The van der Waals surface area contributed by atoms with E-state index in [1.807, 2.05) is 13.8 Å². The number of aliphatic carboxylic acids is 1. The summed E-state index contributed by atoms with van der Waals surface area (Å²) in [5.74, 6) is -1.76. The Morgan fingerprint density at radius 2 is 1.79 bits per heavy atom. The van der Waals surface area contributed by atoms with Gasteiger partial charge in [0.05, 0.1) is 11.3 Å². The number of nitrogens with zero attached hydrogens (tertiary/aromatic N) is 3. The minimum absolute atomic E-state index is 0.0554. The molecular weight excluding hydrogens is 433 g/mol. The molecule has 1 aliphatic heterocycles. The Balaban J connectivity index is 1.61. The van der Waals surface area contributed by atoms with Crippen LogP contribution < -0.4 is 4.74 Å². The van der Waals surface area contributed by atoms with Gasteiger partial charge in [-0.1, -0.05) is 18.2 Å². The first kappa shape index (κ1) is 24.1. The van der Waals surface area contributed by atoms with Crippen LogP contribution >= 0.6 is 0 Å². The summed E-state index contributed by atoms with van der Waals surface area (Å²) in [4.78, 5) is 38.3. The average Bonchev–Trinajstić information content (AvgIpc) is 2.76. The second-order valence-electron chi connectivity index (χ2n) is 8.22. The highest BCUT2D eigenvalue weighted by Crippen LogP contribution is 2.28. The molecule has 1 amide bonds. The monoisotopic (exact) mass is 459 g/mol. The Morgan fingerprint density at radius 3 is 2.42 bits per heavy atom. The predicted molar refractivity (Wildman–Crippen MR) is 117 cm³/mol. The van der Waals surface area contributed by atoms with Crippen molar-refractivity contribution in [1.82, 2.24) is 9.80 Å². The molecule has 33 heavy (non-hydrogen) atoms. The lowest BCUT2D eigenvalue weighted by atomic mass is 10.1. The van der Waals surface area contributed by atoms with Crippen LogP contribution in [0, 0.1) is 15.9 Å². The summed E-state index contributed by atoms with van der Waals surface area (Å²) < 4.78 is 18.6. The van der Waals surface area contributed by atoms with Gasteiger partial charge in [0.1, 0.15) is 5.82 Å². The Bertz CT molecular complexity index is 1030. The van der Waals surface area contributed by atoms with Gasteiger partial charge in [-0.25, -0.2) is 4.39 Å². The minimum Gasteiger partial charge on any atom is -0.481 e. The fourth-order valence-corrected chi connectivity index (χ4v) is 3.92. The normalized spacial score (nSPS) is 18.7. The number of benzene rings is 2. The van der Waals surface area contributed by atoms with Gasteiger partial charge >= 0.3 is 11.7 Å². The smallest absolute Gasteiger partial charge is 0.311 e. The number of carboxylic acids is 1. The van der Waals surface area contributed by atoms with Gasteiger partial charge in [0, 0.05) is 37.8 Å². The Morgan fingerprint density at radius 1 is 1.12 bits per heavy atom. The van der Waals surface area contributed by atoms with Crippen molar-refractivity contribution in [3.8, 4) is 5.75 Å². The molecule has 0 aliphatic carbocycles. The number of amides is 1. The molecule has 3 rings (SSSR count). The number of hydrogen-bond acceptors (Lipinski definition) is 6. The summed E-state index contributed by atoms with van der Waals surface area (Å²) in [6, 6.07) is 10.2. The molecule has 176 valence electrons. The summed E-state index contributed by atoms with van der Waals surface area (Å²) in [5, 5.41) is 20.2. The summed E-state index contributed by atoms with van der Waals surface area (Å²) in [5.41, 5.74) is 0.872. The van der Waals surface area contributed by atoms with Crippen LogP contribution in [0.2, 0.25) is 0 Å². The van der Waals surface area contributed by atoms with Crippen molar-refractivity contribution in [1.29, 1.82) is 0 Å². The van der Waals surface area contributed by atoms with Crippen molar-refractivity contribution >= 4 is 17.6 Å². The highest BCUT2D eigenvalue weighted by atomic mass is 19.1. The quantitative estimate of drug-likeness (QED) is 0.477. The van der Waals surface area contributed by atoms with Crippen LogP contribution in [0.4, 0.5) is 10.1 Å². The van der Waals surface area contributed by atoms with Crippen molar-refractivity contribution in [2.24, 2.45) is 0 Å². The van der Waals surface area contributed by atoms with Gasteiger partial charge in [0.25, 0.3) is 5.91 Å². The molecular formula is C23H26FN3O6. The number of ether oxygens (including phenoxy) is 1. The first-order chi connectivity index (χ1) is 15.6. The Hall–Kier alpha value is -3.53. The van der Waals surface area contributed by atoms with Gasteiger partial charge in [0.2, 0.25) is 0 Å². The van der Waals surface area contributed by atoms with Crippen LogP contribution in [0.15, 0.2) is 42.5 Å². The fraction of sp³-hybridized carbons (Fsp3) is 0.391. The van der Waals surface area contributed by atoms with E-state index >= 15 is 0 Å². The van der Waals surface area contributed by atoms with Gasteiger partial charge in [0.15, 0.2) is 12.4 Å². The molecule has 1 N–H and O–H groups in total. The second kappa shape index (κ2) is 10.4. The van der Waals surface area contributed by atoms with Gasteiger partial charge < -0.3 is 14.7 Å². The number of carboxylic acid groups (broad SMARTS) is 1. The maximum absolute atomic E-state index is 13.1. The SMILES string of the molecule is CC1CN(C(=O)COc2ccc(CC(=O)O)cc2[N+](=O)[O-])C(C)CN1Cc1ccc(F)cc1.